The topological polar surface area (TPSA) is 83.7 Å². The Balaban J connectivity index is 1.57. The summed E-state index contributed by atoms with van der Waals surface area (Å²) in [6, 6.07) is 28.3. The molecular weight excluding hydrogens is 508 g/mol. The summed E-state index contributed by atoms with van der Waals surface area (Å²) in [5, 5.41) is 0. The van der Waals surface area contributed by atoms with Crippen LogP contribution in [0.2, 0.25) is 0 Å². The maximum absolute atomic E-state index is 12.1. The Morgan fingerprint density at radius 3 is 1.66 bits per heavy atom. The molecule has 0 radical (unpaired) electrons. The largest absolute Gasteiger partial charge is 0.465 e. The lowest BCUT2D eigenvalue weighted by atomic mass is 10.0. The van der Waals surface area contributed by atoms with Crippen molar-refractivity contribution in [2.24, 2.45) is 0 Å². The van der Waals surface area contributed by atoms with Crippen molar-refractivity contribution in [2.75, 3.05) is 7.11 Å². The zero-order valence-electron chi connectivity index (χ0n) is 22.6. The average Bonchev–Trinajstić information content (AvgIpc) is 3.81. The smallest absolute Gasteiger partial charge is 0.337 e. The van der Waals surface area contributed by atoms with Crippen LogP contribution in [0.4, 0.5) is 0 Å². The molecule has 0 fully saturated rings. The van der Waals surface area contributed by atoms with Crippen LogP contribution in [0, 0.1) is 6.92 Å². The molecule has 2 aromatic carbocycles. The lowest BCUT2D eigenvalue weighted by molar-refractivity contribution is 0.0600. The predicted molar refractivity (Wildman–Crippen MR) is 166 cm³/mol. The first-order chi connectivity index (χ1) is 20.0. The van der Waals surface area contributed by atoms with Crippen molar-refractivity contribution in [3.63, 3.8) is 0 Å². The van der Waals surface area contributed by atoms with E-state index in [1.54, 1.807) is 12.1 Å². The van der Waals surface area contributed by atoms with Crippen LogP contribution in [0.3, 0.4) is 0 Å². The second-order valence-electron chi connectivity index (χ2n) is 10.1. The maximum Gasteiger partial charge on any atom is 0.337 e. The zero-order valence-corrected chi connectivity index (χ0v) is 22.6. The van der Waals surface area contributed by atoms with E-state index in [-0.39, 0.29) is 5.97 Å². The van der Waals surface area contributed by atoms with Crippen molar-refractivity contribution in [2.45, 2.75) is 6.92 Å². The van der Waals surface area contributed by atoms with Gasteiger partial charge in [-0.2, -0.15) is 0 Å². The average molecular weight is 535 g/mol. The molecule has 2 aliphatic heterocycles. The summed E-state index contributed by atoms with van der Waals surface area (Å²) in [6.07, 6.45) is 8.15. The summed E-state index contributed by atoms with van der Waals surface area (Å²) >= 11 is 0. The number of fused-ring (bicyclic) bond motifs is 8. The van der Waals surface area contributed by atoms with Crippen molar-refractivity contribution < 1.29 is 9.53 Å². The Hall–Kier alpha value is -5.49. The number of hydrogen-bond acceptors (Lipinski definition) is 4. The molecule has 5 heterocycles. The van der Waals surface area contributed by atoms with Crippen LogP contribution in [0.15, 0.2) is 84.9 Å². The Morgan fingerprint density at radius 2 is 1.15 bits per heavy atom. The number of carbonyl (C=O) groups excluding carboxylic acids is 1. The molecule has 0 unspecified atom stereocenters. The van der Waals surface area contributed by atoms with Crippen LogP contribution in [0.25, 0.3) is 68.6 Å². The molecule has 2 aliphatic rings. The highest BCUT2D eigenvalue weighted by Crippen LogP contribution is 2.34. The van der Waals surface area contributed by atoms with E-state index in [0.717, 1.165) is 67.1 Å². The van der Waals surface area contributed by atoms with Crippen molar-refractivity contribution in [3.8, 4) is 22.3 Å². The fourth-order valence-electron chi connectivity index (χ4n) is 5.29. The Labute approximate surface area is 236 Å². The second-order valence-corrected chi connectivity index (χ2v) is 10.1. The van der Waals surface area contributed by atoms with E-state index >= 15 is 0 Å². The van der Waals surface area contributed by atoms with Crippen LogP contribution in [-0.2, 0) is 4.74 Å². The van der Waals surface area contributed by atoms with Gasteiger partial charge in [0, 0.05) is 33.2 Å². The van der Waals surface area contributed by atoms with Gasteiger partial charge < -0.3 is 14.7 Å². The third-order valence-corrected chi connectivity index (χ3v) is 7.33. The number of esters is 1. The minimum Gasteiger partial charge on any atom is -0.465 e. The summed E-state index contributed by atoms with van der Waals surface area (Å²) in [5.74, 6) is -0.369. The molecule has 2 N–H and O–H groups in total. The molecule has 0 spiro atoms. The molecule has 6 heteroatoms. The van der Waals surface area contributed by atoms with Gasteiger partial charge in [0.15, 0.2) is 0 Å². The SMILES string of the molecule is COC(=O)c1ccc(-c2c3nc(cc4ccc(cc5nc(c(-c6ccc(C)cc6)c6ccc2[nH]6)C=C5)[nH]4)C=C3)cc1. The molecule has 3 aromatic heterocycles. The zero-order chi connectivity index (χ0) is 27.9. The molecule has 0 amide bonds. The number of hydrogen-bond donors (Lipinski definition) is 2. The first kappa shape index (κ1) is 24.5. The number of ether oxygens (including phenoxy) is 1. The van der Waals surface area contributed by atoms with Crippen LogP contribution in [0.5, 0.6) is 0 Å². The monoisotopic (exact) mass is 534 g/mol. The lowest BCUT2D eigenvalue weighted by Crippen LogP contribution is -2.00. The van der Waals surface area contributed by atoms with Gasteiger partial charge in [-0.15, -0.1) is 0 Å². The van der Waals surface area contributed by atoms with Gasteiger partial charge in [-0.05, 0) is 90.9 Å². The van der Waals surface area contributed by atoms with Crippen LogP contribution >= 0.6 is 0 Å². The first-order valence-electron chi connectivity index (χ1n) is 13.4. The van der Waals surface area contributed by atoms with Crippen molar-refractivity contribution in [3.05, 3.63) is 119 Å². The molecule has 0 atom stereocenters. The Morgan fingerprint density at radius 1 is 0.634 bits per heavy atom. The van der Waals surface area contributed by atoms with E-state index in [1.807, 2.05) is 54.6 Å². The summed E-state index contributed by atoms with van der Waals surface area (Å²) in [7, 11) is 1.39. The van der Waals surface area contributed by atoms with E-state index in [2.05, 4.69) is 59.4 Å². The van der Waals surface area contributed by atoms with Crippen molar-refractivity contribution in [1.82, 2.24) is 19.9 Å². The number of aromatic amines is 2. The minimum atomic E-state index is -0.369. The number of methoxy groups -OCH3 is 1. The van der Waals surface area contributed by atoms with Crippen molar-refractivity contribution >= 4 is 52.3 Å². The highest BCUT2D eigenvalue weighted by atomic mass is 16.5. The third-order valence-electron chi connectivity index (χ3n) is 7.33. The maximum atomic E-state index is 12.1. The number of carbonyl (C=O) groups is 1. The molecule has 0 saturated carbocycles. The number of nitrogens with zero attached hydrogens (tertiary/aromatic N) is 2. The molecule has 5 aromatic rings. The summed E-state index contributed by atoms with van der Waals surface area (Å²) in [4.78, 5) is 29.2. The predicted octanol–water partition coefficient (Wildman–Crippen LogP) is 8.08. The molecular formula is C35H26N4O2. The summed E-state index contributed by atoms with van der Waals surface area (Å²) in [6.45, 7) is 2.09. The Kier molecular flexibility index (Phi) is 5.94. The fraction of sp³-hybridized carbons (Fsp3) is 0.0571. The highest BCUT2D eigenvalue weighted by molar-refractivity contribution is 5.96. The number of rotatable bonds is 3. The molecule has 198 valence electrons. The fourth-order valence-corrected chi connectivity index (χ4v) is 5.29. The van der Waals surface area contributed by atoms with Gasteiger partial charge in [0.2, 0.25) is 0 Å². The number of aromatic nitrogens is 4. The van der Waals surface area contributed by atoms with Gasteiger partial charge in [-0.3, -0.25) is 0 Å². The molecule has 6 nitrogen and oxygen atoms in total. The van der Waals surface area contributed by atoms with E-state index in [4.69, 9.17) is 14.7 Å². The highest BCUT2D eigenvalue weighted by Gasteiger charge is 2.15. The van der Waals surface area contributed by atoms with Gasteiger partial charge in [-0.25, -0.2) is 14.8 Å². The second kappa shape index (κ2) is 9.92. The molecule has 0 saturated heterocycles. The van der Waals surface area contributed by atoms with E-state index in [1.165, 1.54) is 12.7 Å². The Bertz CT molecular complexity index is 2040. The van der Waals surface area contributed by atoms with Crippen LogP contribution in [0.1, 0.15) is 38.7 Å². The molecule has 0 aliphatic carbocycles. The van der Waals surface area contributed by atoms with Gasteiger partial charge in [0.25, 0.3) is 0 Å². The molecule has 41 heavy (non-hydrogen) atoms. The third kappa shape index (κ3) is 4.66. The number of aryl methyl sites for hydroxylation is 1. The molecule has 7 rings (SSSR count). The number of H-pyrrole nitrogens is 2. The van der Waals surface area contributed by atoms with Gasteiger partial charge in [-0.1, -0.05) is 42.0 Å². The summed E-state index contributed by atoms with van der Waals surface area (Å²) < 4.78 is 4.90. The van der Waals surface area contributed by atoms with Crippen LogP contribution in [-0.4, -0.2) is 33.0 Å². The van der Waals surface area contributed by atoms with Gasteiger partial charge >= 0.3 is 5.97 Å². The normalized spacial score (nSPS) is 12.0. The number of nitrogens with one attached hydrogen (secondary N) is 2. The van der Waals surface area contributed by atoms with E-state index in [9.17, 15) is 4.79 Å². The molecule has 8 bridgehead atoms. The van der Waals surface area contributed by atoms with E-state index in [0.29, 0.717) is 5.56 Å². The standard InChI is InChI=1S/C35H26N4O2/c1-21-3-5-22(6-4-21)33-29-15-13-27(37-29)19-25-11-12-26(36-25)20-28-14-16-30(38-28)34(32-18-17-31(33)39-32)23-7-9-24(10-8-23)35(40)41-2/h3-20,36,39H,1-2H3. The van der Waals surface area contributed by atoms with Gasteiger partial charge in [0.05, 0.1) is 35.4 Å². The quantitative estimate of drug-likeness (QED) is 0.224. The summed E-state index contributed by atoms with van der Waals surface area (Å²) in [5.41, 5.74) is 12.9. The minimum absolute atomic E-state index is 0.369. The first-order valence-corrected chi connectivity index (χ1v) is 13.4. The number of benzene rings is 2. The lowest BCUT2D eigenvalue weighted by Gasteiger charge is -2.06. The van der Waals surface area contributed by atoms with Crippen LogP contribution < -0.4 is 0 Å². The van der Waals surface area contributed by atoms with Crippen molar-refractivity contribution in [1.29, 1.82) is 0 Å². The van der Waals surface area contributed by atoms with Gasteiger partial charge in [0.1, 0.15) is 0 Å². The van der Waals surface area contributed by atoms with E-state index < -0.39 is 0 Å².